The standard InChI is InChI=1S/C18H21BrN4O/c1-12-7-8-14(11-15(12)19)21-18(24)16-9-10-17(23-22-16)20-13-5-3-2-4-6-13/h7-11,13H,2-6H2,1H3,(H,20,23)(H,21,24). The molecule has 0 aliphatic heterocycles. The predicted molar refractivity (Wildman–Crippen MR) is 99.4 cm³/mol. The summed E-state index contributed by atoms with van der Waals surface area (Å²) in [7, 11) is 0. The van der Waals surface area contributed by atoms with Crippen LogP contribution in [0.1, 0.15) is 48.2 Å². The second kappa shape index (κ2) is 7.75. The maximum absolute atomic E-state index is 12.3. The monoisotopic (exact) mass is 388 g/mol. The van der Waals surface area contributed by atoms with Gasteiger partial charge in [-0.15, -0.1) is 10.2 Å². The number of aryl methyl sites for hydroxylation is 1. The molecule has 1 aliphatic carbocycles. The van der Waals surface area contributed by atoms with Gasteiger partial charge in [-0.3, -0.25) is 4.79 Å². The fourth-order valence-corrected chi connectivity index (χ4v) is 3.23. The third-order valence-corrected chi connectivity index (χ3v) is 5.14. The van der Waals surface area contributed by atoms with Crippen molar-refractivity contribution in [3.63, 3.8) is 0 Å². The highest BCUT2D eigenvalue weighted by Crippen LogP contribution is 2.22. The number of nitrogens with zero attached hydrogens (tertiary/aromatic N) is 2. The van der Waals surface area contributed by atoms with Crippen molar-refractivity contribution < 1.29 is 4.79 Å². The molecule has 0 spiro atoms. The topological polar surface area (TPSA) is 66.9 Å². The SMILES string of the molecule is Cc1ccc(NC(=O)c2ccc(NC3CCCCC3)nn2)cc1Br. The third kappa shape index (κ3) is 4.32. The van der Waals surface area contributed by atoms with Gasteiger partial charge in [0.15, 0.2) is 5.69 Å². The summed E-state index contributed by atoms with van der Waals surface area (Å²) in [6.45, 7) is 2.00. The predicted octanol–water partition coefficient (Wildman–Crippen LogP) is 4.54. The number of carbonyl (C=O) groups is 1. The minimum atomic E-state index is -0.262. The van der Waals surface area contributed by atoms with Crippen LogP contribution in [0.4, 0.5) is 11.5 Å². The van der Waals surface area contributed by atoms with Gasteiger partial charge < -0.3 is 10.6 Å². The van der Waals surface area contributed by atoms with Crippen LogP contribution in [-0.4, -0.2) is 22.1 Å². The molecule has 0 saturated heterocycles. The number of rotatable bonds is 4. The summed E-state index contributed by atoms with van der Waals surface area (Å²) in [5, 5.41) is 14.4. The first kappa shape index (κ1) is 16.9. The minimum absolute atomic E-state index is 0.262. The zero-order valence-electron chi connectivity index (χ0n) is 13.7. The average Bonchev–Trinajstić information content (AvgIpc) is 2.60. The second-order valence-electron chi connectivity index (χ2n) is 6.20. The van der Waals surface area contributed by atoms with Gasteiger partial charge in [0.25, 0.3) is 5.91 Å². The maximum Gasteiger partial charge on any atom is 0.276 e. The summed E-state index contributed by atoms with van der Waals surface area (Å²) < 4.78 is 0.957. The van der Waals surface area contributed by atoms with Crippen molar-refractivity contribution in [2.24, 2.45) is 0 Å². The molecule has 5 nitrogen and oxygen atoms in total. The van der Waals surface area contributed by atoms with Crippen molar-refractivity contribution >= 4 is 33.3 Å². The highest BCUT2D eigenvalue weighted by atomic mass is 79.9. The fourth-order valence-electron chi connectivity index (χ4n) is 2.85. The van der Waals surface area contributed by atoms with Crippen molar-refractivity contribution in [3.05, 3.63) is 46.1 Å². The molecule has 1 amide bonds. The van der Waals surface area contributed by atoms with E-state index in [1.54, 1.807) is 6.07 Å². The molecule has 0 bridgehead atoms. The van der Waals surface area contributed by atoms with E-state index in [0.717, 1.165) is 21.5 Å². The number of carbonyl (C=O) groups excluding carboxylic acids is 1. The number of amides is 1. The Labute approximate surface area is 150 Å². The van der Waals surface area contributed by atoms with Crippen LogP contribution < -0.4 is 10.6 Å². The van der Waals surface area contributed by atoms with Gasteiger partial charge in [0.05, 0.1) is 0 Å². The molecule has 3 rings (SSSR count). The quantitative estimate of drug-likeness (QED) is 0.806. The Morgan fingerprint density at radius 2 is 1.92 bits per heavy atom. The van der Waals surface area contributed by atoms with Gasteiger partial charge in [-0.05, 0) is 49.6 Å². The van der Waals surface area contributed by atoms with E-state index in [2.05, 4.69) is 36.8 Å². The Hall–Kier alpha value is -1.95. The first-order chi connectivity index (χ1) is 11.6. The van der Waals surface area contributed by atoms with Crippen LogP contribution >= 0.6 is 15.9 Å². The summed E-state index contributed by atoms with van der Waals surface area (Å²) in [5.41, 5.74) is 2.15. The number of aromatic nitrogens is 2. The number of hydrogen-bond donors (Lipinski definition) is 2. The van der Waals surface area contributed by atoms with E-state index in [1.807, 2.05) is 31.2 Å². The van der Waals surface area contributed by atoms with Crippen LogP contribution in [-0.2, 0) is 0 Å². The lowest BCUT2D eigenvalue weighted by Gasteiger charge is -2.22. The average molecular weight is 389 g/mol. The Morgan fingerprint density at radius 3 is 2.58 bits per heavy atom. The molecule has 0 atom stereocenters. The molecule has 2 N–H and O–H groups in total. The molecule has 1 aromatic carbocycles. The van der Waals surface area contributed by atoms with Crippen molar-refractivity contribution in [1.82, 2.24) is 10.2 Å². The first-order valence-corrected chi connectivity index (χ1v) is 9.09. The molecule has 6 heteroatoms. The van der Waals surface area contributed by atoms with E-state index < -0.39 is 0 Å². The smallest absolute Gasteiger partial charge is 0.276 e. The third-order valence-electron chi connectivity index (χ3n) is 4.28. The van der Waals surface area contributed by atoms with E-state index >= 15 is 0 Å². The summed E-state index contributed by atoms with van der Waals surface area (Å²) >= 11 is 3.46. The molecule has 126 valence electrons. The molecule has 1 heterocycles. The number of anilines is 2. The van der Waals surface area contributed by atoms with Crippen LogP contribution in [0.2, 0.25) is 0 Å². The molecule has 1 aliphatic rings. The van der Waals surface area contributed by atoms with Gasteiger partial charge in [0, 0.05) is 16.2 Å². The normalized spacial score (nSPS) is 15.1. The van der Waals surface area contributed by atoms with Gasteiger partial charge >= 0.3 is 0 Å². The Morgan fingerprint density at radius 1 is 1.12 bits per heavy atom. The summed E-state index contributed by atoms with van der Waals surface area (Å²) in [6, 6.07) is 9.68. The highest BCUT2D eigenvalue weighted by Gasteiger charge is 2.14. The largest absolute Gasteiger partial charge is 0.366 e. The highest BCUT2D eigenvalue weighted by molar-refractivity contribution is 9.10. The molecule has 0 unspecified atom stereocenters. The Bertz CT molecular complexity index is 711. The van der Waals surface area contributed by atoms with Crippen LogP contribution in [0.5, 0.6) is 0 Å². The number of benzene rings is 1. The van der Waals surface area contributed by atoms with Crippen molar-refractivity contribution in [1.29, 1.82) is 0 Å². The second-order valence-corrected chi connectivity index (χ2v) is 7.06. The molecule has 1 fully saturated rings. The Balaban J connectivity index is 1.61. The lowest BCUT2D eigenvalue weighted by atomic mass is 9.95. The molecule has 24 heavy (non-hydrogen) atoms. The summed E-state index contributed by atoms with van der Waals surface area (Å²) in [5.74, 6) is 0.471. The molecular formula is C18H21BrN4O. The first-order valence-electron chi connectivity index (χ1n) is 8.29. The zero-order chi connectivity index (χ0) is 16.9. The molecule has 1 saturated carbocycles. The molecule has 0 radical (unpaired) electrons. The molecular weight excluding hydrogens is 368 g/mol. The van der Waals surface area contributed by atoms with E-state index in [9.17, 15) is 4.79 Å². The van der Waals surface area contributed by atoms with Crippen LogP contribution in [0.3, 0.4) is 0 Å². The van der Waals surface area contributed by atoms with Crippen LogP contribution in [0, 0.1) is 6.92 Å². The van der Waals surface area contributed by atoms with E-state index in [4.69, 9.17) is 0 Å². The van der Waals surface area contributed by atoms with Crippen molar-refractivity contribution in [2.75, 3.05) is 10.6 Å². The number of nitrogens with one attached hydrogen (secondary N) is 2. The fraction of sp³-hybridized carbons (Fsp3) is 0.389. The zero-order valence-corrected chi connectivity index (χ0v) is 15.3. The van der Waals surface area contributed by atoms with Gasteiger partial charge in [-0.2, -0.15) is 0 Å². The van der Waals surface area contributed by atoms with Crippen LogP contribution in [0.25, 0.3) is 0 Å². The van der Waals surface area contributed by atoms with Gasteiger partial charge in [0.2, 0.25) is 0 Å². The minimum Gasteiger partial charge on any atom is -0.366 e. The van der Waals surface area contributed by atoms with Crippen LogP contribution in [0.15, 0.2) is 34.8 Å². The van der Waals surface area contributed by atoms with E-state index in [1.165, 1.54) is 32.1 Å². The van der Waals surface area contributed by atoms with E-state index in [-0.39, 0.29) is 5.91 Å². The summed E-state index contributed by atoms with van der Waals surface area (Å²) in [6.07, 6.45) is 6.19. The maximum atomic E-state index is 12.3. The lowest BCUT2D eigenvalue weighted by molar-refractivity contribution is 0.102. The number of halogens is 1. The lowest BCUT2D eigenvalue weighted by Crippen LogP contribution is -2.23. The number of hydrogen-bond acceptors (Lipinski definition) is 4. The molecule has 1 aromatic heterocycles. The van der Waals surface area contributed by atoms with Gasteiger partial charge in [-0.25, -0.2) is 0 Å². The molecule has 2 aromatic rings. The van der Waals surface area contributed by atoms with E-state index in [0.29, 0.717) is 11.7 Å². The van der Waals surface area contributed by atoms with Crippen molar-refractivity contribution in [2.45, 2.75) is 45.1 Å². The van der Waals surface area contributed by atoms with Crippen molar-refractivity contribution in [3.8, 4) is 0 Å². The van der Waals surface area contributed by atoms with Gasteiger partial charge in [0.1, 0.15) is 5.82 Å². The summed E-state index contributed by atoms with van der Waals surface area (Å²) in [4.78, 5) is 12.3. The van der Waals surface area contributed by atoms with Gasteiger partial charge in [-0.1, -0.05) is 41.3 Å². The Kier molecular flexibility index (Phi) is 5.45.